The van der Waals surface area contributed by atoms with Crippen molar-refractivity contribution in [3.63, 3.8) is 0 Å². The van der Waals surface area contributed by atoms with E-state index in [1.54, 1.807) is 0 Å². The predicted molar refractivity (Wildman–Crippen MR) is 97.0 cm³/mol. The maximum absolute atomic E-state index is 12.4. The van der Waals surface area contributed by atoms with E-state index in [4.69, 9.17) is 4.74 Å². The zero-order valence-electron chi connectivity index (χ0n) is 16.0. The van der Waals surface area contributed by atoms with E-state index in [1.807, 2.05) is 18.2 Å². The Morgan fingerprint density at radius 1 is 1.12 bits per heavy atom. The second kappa shape index (κ2) is 8.03. The molecule has 0 radical (unpaired) electrons. The van der Waals surface area contributed by atoms with Crippen LogP contribution in [-0.2, 0) is 24.5 Å². The Balaban J connectivity index is 2.20. The van der Waals surface area contributed by atoms with Crippen molar-refractivity contribution in [2.45, 2.75) is 58.5 Å². The minimum atomic E-state index is -0.886. The molecule has 0 heterocycles. The first-order valence-corrected chi connectivity index (χ1v) is 9.11. The number of methoxy groups -OCH3 is 1. The van der Waals surface area contributed by atoms with Crippen LogP contribution in [0.2, 0.25) is 0 Å². The van der Waals surface area contributed by atoms with Gasteiger partial charge in [-0.3, -0.25) is 9.59 Å². The van der Waals surface area contributed by atoms with Crippen molar-refractivity contribution in [2.75, 3.05) is 7.11 Å². The third kappa shape index (κ3) is 4.42. The molecule has 2 rings (SSSR count). The van der Waals surface area contributed by atoms with Crippen molar-refractivity contribution < 1.29 is 19.1 Å². The molecule has 25 heavy (non-hydrogen) atoms. The lowest BCUT2D eigenvalue weighted by Crippen LogP contribution is -2.44. The van der Waals surface area contributed by atoms with Gasteiger partial charge in [0.25, 0.3) is 0 Å². The largest absolute Gasteiger partial charge is 0.468 e. The molecule has 1 aromatic carbocycles. The first kappa shape index (κ1) is 19.5. The average Bonchev–Trinajstić information content (AvgIpc) is 2.60. The number of hydrogen-bond donors (Lipinski definition) is 0. The predicted octanol–water partition coefficient (Wildman–Crippen LogP) is 4.12. The molecule has 0 saturated heterocycles. The molecule has 1 aromatic rings. The Labute approximate surface area is 150 Å². The molecule has 1 unspecified atom stereocenters. The van der Waals surface area contributed by atoms with Crippen LogP contribution >= 0.6 is 0 Å². The summed E-state index contributed by atoms with van der Waals surface area (Å²) in [4.78, 5) is 24.0. The molecule has 1 fully saturated rings. The first-order chi connectivity index (χ1) is 11.8. The third-order valence-electron chi connectivity index (χ3n) is 5.67. The van der Waals surface area contributed by atoms with E-state index >= 15 is 0 Å². The van der Waals surface area contributed by atoms with E-state index in [1.165, 1.54) is 19.6 Å². The standard InChI is InChI=1S/C21H30O4/c1-14-11-12-17(21(3,4)16-9-7-6-8-10-16)18(13-14)25-20(23)15(2)19(22)24-5/h6-10,14-15,17-18H,11-13H2,1-5H3/t14-,15?,17-,18-/m1/s1. The maximum Gasteiger partial charge on any atom is 0.320 e. The van der Waals surface area contributed by atoms with E-state index in [9.17, 15) is 9.59 Å². The van der Waals surface area contributed by atoms with Gasteiger partial charge in [-0.05, 0) is 36.7 Å². The lowest BCUT2D eigenvalue weighted by Gasteiger charge is -2.44. The van der Waals surface area contributed by atoms with Crippen molar-refractivity contribution >= 4 is 11.9 Å². The normalized spacial score (nSPS) is 25.1. The molecule has 0 aliphatic heterocycles. The van der Waals surface area contributed by atoms with Crippen molar-refractivity contribution in [2.24, 2.45) is 17.8 Å². The smallest absolute Gasteiger partial charge is 0.320 e. The molecule has 4 atom stereocenters. The number of carbonyl (C=O) groups excluding carboxylic acids is 2. The summed E-state index contributed by atoms with van der Waals surface area (Å²) in [5.74, 6) is -1.19. The molecule has 4 nitrogen and oxygen atoms in total. The van der Waals surface area contributed by atoms with Crippen LogP contribution < -0.4 is 0 Å². The Hall–Kier alpha value is -1.84. The fraction of sp³-hybridized carbons (Fsp3) is 0.619. The van der Waals surface area contributed by atoms with Gasteiger partial charge in [0.1, 0.15) is 6.10 Å². The molecular formula is C21H30O4. The maximum atomic E-state index is 12.4. The molecule has 0 bridgehead atoms. The van der Waals surface area contributed by atoms with Crippen LogP contribution in [0.15, 0.2) is 30.3 Å². The molecule has 1 aliphatic rings. The molecule has 4 heteroatoms. The van der Waals surface area contributed by atoms with Gasteiger partial charge in [0, 0.05) is 5.92 Å². The monoisotopic (exact) mass is 346 g/mol. The number of rotatable bonds is 5. The summed E-state index contributed by atoms with van der Waals surface area (Å²) in [5.41, 5.74) is 1.14. The van der Waals surface area contributed by atoms with Crippen molar-refractivity contribution in [3.8, 4) is 0 Å². The Morgan fingerprint density at radius 2 is 1.76 bits per heavy atom. The van der Waals surface area contributed by atoms with Gasteiger partial charge in [0.2, 0.25) is 0 Å². The van der Waals surface area contributed by atoms with Gasteiger partial charge < -0.3 is 9.47 Å². The van der Waals surface area contributed by atoms with Crippen molar-refractivity contribution in [1.29, 1.82) is 0 Å². The van der Waals surface area contributed by atoms with E-state index < -0.39 is 17.9 Å². The van der Waals surface area contributed by atoms with Crippen molar-refractivity contribution in [3.05, 3.63) is 35.9 Å². The minimum absolute atomic E-state index is 0.110. The van der Waals surface area contributed by atoms with Gasteiger partial charge in [-0.1, -0.05) is 57.5 Å². The lowest BCUT2D eigenvalue weighted by atomic mass is 9.64. The van der Waals surface area contributed by atoms with Crippen LogP contribution in [0.5, 0.6) is 0 Å². The Bertz CT molecular complexity index is 593. The molecule has 0 amide bonds. The van der Waals surface area contributed by atoms with Gasteiger partial charge >= 0.3 is 11.9 Å². The van der Waals surface area contributed by atoms with E-state index in [0.717, 1.165) is 19.3 Å². The third-order valence-corrected chi connectivity index (χ3v) is 5.67. The fourth-order valence-electron chi connectivity index (χ4n) is 3.89. The summed E-state index contributed by atoms with van der Waals surface area (Å²) in [6.45, 7) is 8.16. The first-order valence-electron chi connectivity index (χ1n) is 9.11. The molecule has 1 aliphatic carbocycles. The minimum Gasteiger partial charge on any atom is -0.468 e. The van der Waals surface area contributed by atoms with Crippen LogP contribution in [0.1, 0.15) is 52.5 Å². The molecule has 0 N–H and O–H groups in total. The highest BCUT2D eigenvalue weighted by atomic mass is 16.6. The van der Waals surface area contributed by atoms with Gasteiger partial charge in [-0.15, -0.1) is 0 Å². The van der Waals surface area contributed by atoms with E-state index in [2.05, 4.69) is 37.6 Å². The number of hydrogen-bond acceptors (Lipinski definition) is 4. The molecule has 1 saturated carbocycles. The van der Waals surface area contributed by atoms with E-state index in [0.29, 0.717) is 5.92 Å². The Kier molecular flexibility index (Phi) is 6.26. The van der Waals surface area contributed by atoms with Crippen LogP contribution in [0, 0.1) is 17.8 Å². The highest BCUT2D eigenvalue weighted by molar-refractivity contribution is 5.94. The van der Waals surface area contributed by atoms with Gasteiger partial charge in [0.15, 0.2) is 5.92 Å². The number of benzene rings is 1. The molecule has 0 aromatic heterocycles. The topological polar surface area (TPSA) is 52.6 Å². The highest BCUT2D eigenvalue weighted by Gasteiger charge is 2.42. The quantitative estimate of drug-likeness (QED) is 0.594. The van der Waals surface area contributed by atoms with Crippen LogP contribution in [0.25, 0.3) is 0 Å². The van der Waals surface area contributed by atoms with Crippen LogP contribution in [0.3, 0.4) is 0 Å². The summed E-state index contributed by atoms with van der Waals surface area (Å²) in [6, 6.07) is 10.4. The van der Waals surface area contributed by atoms with Gasteiger partial charge in [0.05, 0.1) is 7.11 Å². The summed E-state index contributed by atoms with van der Waals surface area (Å²) < 4.78 is 10.5. The summed E-state index contributed by atoms with van der Waals surface area (Å²) in [6.07, 6.45) is 2.79. The molecular weight excluding hydrogens is 316 g/mol. The zero-order chi connectivity index (χ0) is 18.6. The van der Waals surface area contributed by atoms with Crippen LogP contribution in [0.4, 0.5) is 0 Å². The molecule has 138 valence electrons. The fourth-order valence-corrected chi connectivity index (χ4v) is 3.89. The van der Waals surface area contributed by atoms with Gasteiger partial charge in [-0.2, -0.15) is 0 Å². The zero-order valence-corrected chi connectivity index (χ0v) is 16.0. The second-order valence-electron chi connectivity index (χ2n) is 7.83. The van der Waals surface area contributed by atoms with Crippen molar-refractivity contribution in [1.82, 2.24) is 0 Å². The molecule has 0 spiro atoms. The average molecular weight is 346 g/mol. The Morgan fingerprint density at radius 3 is 2.36 bits per heavy atom. The van der Waals surface area contributed by atoms with Crippen LogP contribution in [-0.4, -0.2) is 25.2 Å². The summed E-state index contributed by atoms with van der Waals surface area (Å²) >= 11 is 0. The second-order valence-corrected chi connectivity index (χ2v) is 7.83. The summed E-state index contributed by atoms with van der Waals surface area (Å²) in [7, 11) is 1.29. The van der Waals surface area contributed by atoms with Gasteiger partial charge in [-0.25, -0.2) is 0 Å². The highest BCUT2D eigenvalue weighted by Crippen LogP contribution is 2.43. The number of ether oxygens (including phenoxy) is 2. The van der Waals surface area contributed by atoms with E-state index in [-0.39, 0.29) is 17.4 Å². The number of carbonyl (C=O) groups is 2. The SMILES string of the molecule is COC(=O)C(C)C(=O)O[C@@H]1C[C@H](C)CC[C@H]1C(C)(C)c1ccccc1. The lowest BCUT2D eigenvalue weighted by molar-refractivity contribution is -0.168. The summed E-state index contributed by atoms with van der Waals surface area (Å²) in [5, 5.41) is 0. The number of esters is 2.